The predicted molar refractivity (Wildman–Crippen MR) is 65.8 cm³/mol. The third kappa shape index (κ3) is 2.08. The van der Waals surface area contributed by atoms with Gasteiger partial charge in [-0.25, -0.2) is 0 Å². The summed E-state index contributed by atoms with van der Waals surface area (Å²) in [5.74, 6) is 0.197. The molecular formula is C12H15NO2S. The summed E-state index contributed by atoms with van der Waals surface area (Å²) in [4.78, 5) is 14.7. The molecule has 2 rings (SSSR count). The summed E-state index contributed by atoms with van der Waals surface area (Å²) in [6.45, 7) is 0.719. The quantitative estimate of drug-likeness (QED) is 0.814. The van der Waals surface area contributed by atoms with Crippen LogP contribution in [0.25, 0.3) is 0 Å². The molecule has 1 atom stereocenters. The van der Waals surface area contributed by atoms with Crippen molar-refractivity contribution in [2.75, 3.05) is 24.3 Å². The number of aliphatic hydroxyl groups excluding tert-OH is 1. The molecule has 4 heteroatoms. The molecule has 0 saturated carbocycles. The number of hydrogen-bond acceptors (Lipinski definition) is 3. The van der Waals surface area contributed by atoms with Crippen molar-refractivity contribution < 1.29 is 9.90 Å². The van der Waals surface area contributed by atoms with Gasteiger partial charge in [0.1, 0.15) is 0 Å². The Morgan fingerprint density at radius 3 is 2.88 bits per heavy atom. The number of carbonyl (C=O) groups excluding carboxylic acids is 1. The first-order chi connectivity index (χ1) is 7.76. The first kappa shape index (κ1) is 11.5. The van der Waals surface area contributed by atoms with Crippen LogP contribution in [0, 0.1) is 5.92 Å². The lowest BCUT2D eigenvalue weighted by molar-refractivity contribution is -0.117. The summed E-state index contributed by atoms with van der Waals surface area (Å²) >= 11 is 1.64. The van der Waals surface area contributed by atoms with Crippen LogP contribution in [-0.4, -0.2) is 30.4 Å². The van der Waals surface area contributed by atoms with E-state index in [1.807, 2.05) is 30.5 Å². The van der Waals surface area contributed by atoms with Crippen LogP contribution in [0.2, 0.25) is 0 Å². The van der Waals surface area contributed by atoms with Crippen molar-refractivity contribution in [3.8, 4) is 0 Å². The molecule has 1 saturated heterocycles. The Bertz CT molecular complexity index is 394. The van der Waals surface area contributed by atoms with Gasteiger partial charge in [-0.05, 0) is 18.4 Å². The maximum Gasteiger partial charge on any atom is 0.227 e. The van der Waals surface area contributed by atoms with Gasteiger partial charge in [0.2, 0.25) is 5.91 Å². The fourth-order valence-corrected chi connectivity index (χ4v) is 2.59. The maximum absolute atomic E-state index is 11.8. The first-order valence-electron chi connectivity index (χ1n) is 5.30. The minimum atomic E-state index is 0.0856. The van der Waals surface area contributed by atoms with E-state index in [9.17, 15) is 4.79 Å². The molecule has 0 spiro atoms. The van der Waals surface area contributed by atoms with Gasteiger partial charge in [0.15, 0.2) is 0 Å². The number of carbonyl (C=O) groups is 1. The highest BCUT2D eigenvalue weighted by Crippen LogP contribution is 2.32. The Balaban J connectivity index is 2.27. The number of rotatable bonds is 3. The fraction of sp³-hybridized carbons (Fsp3) is 0.417. The summed E-state index contributed by atoms with van der Waals surface area (Å²) < 4.78 is 0. The van der Waals surface area contributed by atoms with Gasteiger partial charge in [0, 0.05) is 30.4 Å². The SMILES string of the molecule is CSc1ccccc1N1CC(CO)CC1=O. The van der Waals surface area contributed by atoms with Crippen molar-refractivity contribution in [3.63, 3.8) is 0 Å². The third-order valence-corrected chi connectivity index (χ3v) is 3.62. The van der Waals surface area contributed by atoms with Gasteiger partial charge in [-0.15, -0.1) is 11.8 Å². The summed E-state index contributed by atoms with van der Waals surface area (Å²) in [5.41, 5.74) is 0.968. The van der Waals surface area contributed by atoms with Gasteiger partial charge in [0.25, 0.3) is 0 Å². The van der Waals surface area contributed by atoms with Crippen molar-refractivity contribution in [2.45, 2.75) is 11.3 Å². The summed E-state index contributed by atoms with van der Waals surface area (Å²) in [6.07, 6.45) is 2.46. The molecule has 1 unspecified atom stereocenters. The molecular weight excluding hydrogens is 222 g/mol. The number of thioether (sulfide) groups is 1. The molecule has 0 aliphatic carbocycles. The first-order valence-corrected chi connectivity index (χ1v) is 6.53. The van der Waals surface area contributed by atoms with Crippen LogP contribution in [-0.2, 0) is 4.79 Å². The van der Waals surface area contributed by atoms with Gasteiger partial charge in [-0.3, -0.25) is 4.79 Å². The van der Waals surface area contributed by atoms with Crippen molar-refractivity contribution in [2.24, 2.45) is 5.92 Å². The molecule has 3 nitrogen and oxygen atoms in total. The van der Waals surface area contributed by atoms with Gasteiger partial charge >= 0.3 is 0 Å². The number of nitrogens with zero attached hydrogens (tertiary/aromatic N) is 1. The van der Waals surface area contributed by atoms with Crippen molar-refractivity contribution in [3.05, 3.63) is 24.3 Å². The van der Waals surface area contributed by atoms with E-state index in [1.165, 1.54) is 0 Å². The molecule has 1 heterocycles. The summed E-state index contributed by atoms with van der Waals surface area (Å²) in [7, 11) is 0. The predicted octanol–water partition coefficient (Wildman–Crippen LogP) is 1.75. The monoisotopic (exact) mass is 237 g/mol. The van der Waals surface area contributed by atoms with Crippen LogP contribution in [0.1, 0.15) is 6.42 Å². The topological polar surface area (TPSA) is 40.5 Å². The van der Waals surface area contributed by atoms with E-state index in [1.54, 1.807) is 16.7 Å². The third-order valence-electron chi connectivity index (χ3n) is 2.84. The van der Waals surface area contributed by atoms with Gasteiger partial charge in [-0.2, -0.15) is 0 Å². The summed E-state index contributed by atoms with van der Waals surface area (Å²) in [5, 5.41) is 9.09. The molecule has 1 aliphatic heterocycles. The molecule has 1 aromatic carbocycles. The highest BCUT2D eigenvalue weighted by atomic mass is 32.2. The minimum absolute atomic E-state index is 0.0856. The van der Waals surface area contributed by atoms with E-state index < -0.39 is 0 Å². The van der Waals surface area contributed by atoms with Crippen LogP contribution < -0.4 is 4.90 Å². The van der Waals surface area contributed by atoms with Gasteiger partial charge in [0.05, 0.1) is 5.69 Å². The molecule has 1 fully saturated rings. The van der Waals surface area contributed by atoms with E-state index in [2.05, 4.69) is 0 Å². The number of hydrogen-bond donors (Lipinski definition) is 1. The lowest BCUT2D eigenvalue weighted by Gasteiger charge is -2.19. The maximum atomic E-state index is 11.8. The van der Waals surface area contributed by atoms with Crippen molar-refractivity contribution in [1.82, 2.24) is 0 Å². The molecule has 0 bridgehead atoms. The highest BCUT2D eigenvalue weighted by Gasteiger charge is 2.30. The van der Waals surface area contributed by atoms with Crippen LogP contribution in [0.15, 0.2) is 29.2 Å². The van der Waals surface area contributed by atoms with Gasteiger partial charge in [-0.1, -0.05) is 12.1 Å². The smallest absolute Gasteiger partial charge is 0.227 e. The van der Waals surface area contributed by atoms with E-state index in [4.69, 9.17) is 5.11 Å². The van der Waals surface area contributed by atoms with E-state index >= 15 is 0 Å². The Labute approximate surface area is 99.5 Å². The number of aliphatic hydroxyl groups is 1. The lowest BCUT2D eigenvalue weighted by atomic mass is 10.1. The van der Waals surface area contributed by atoms with Crippen LogP contribution >= 0.6 is 11.8 Å². The number of amides is 1. The molecule has 1 N–H and O–H groups in total. The zero-order valence-electron chi connectivity index (χ0n) is 9.22. The molecule has 1 amide bonds. The normalized spacial score (nSPS) is 20.5. The number of benzene rings is 1. The Kier molecular flexibility index (Phi) is 3.51. The Morgan fingerprint density at radius 1 is 1.50 bits per heavy atom. The molecule has 0 radical (unpaired) electrons. The van der Waals surface area contributed by atoms with Crippen LogP contribution in [0.4, 0.5) is 5.69 Å². The molecule has 1 aromatic rings. The lowest BCUT2D eigenvalue weighted by Crippen LogP contribution is -2.25. The van der Waals surface area contributed by atoms with Crippen molar-refractivity contribution >= 4 is 23.4 Å². The van der Waals surface area contributed by atoms with Crippen LogP contribution in [0.3, 0.4) is 0 Å². The second-order valence-corrected chi connectivity index (χ2v) is 4.78. The Hall–Kier alpha value is -1.00. The largest absolute Gasteiger partial charge is 0.396 e. The number of para-hydroxylation sites is 1. The number of anilines is 1. The van der Waals surface area contributed by atoms with Crippen LogP contribution in [0.5, 0.6) is 0 Å². The zero-order valence-corrected chi connectivity index (χ0v) is 10.0. The van der Waals surface area contributed by atoms with E-state index in [0.29, 0.717) is 13.0 Å². The molecule has 1 aliphatic rings. The average Bonchev–Trinajstić information content (AvgIpc) is 2.70. The summed E-state index contributed by atoms with van der Waals surface area (Å²) in [6, 6.07) is 7.89. The Morgan fingerprint density at radius 2 is 2.25 bits per heavy atom. The minimum Gasteiger partial charge on any atom is -0.396 e. The van der Waals surface area contributed by atoms with E-state index in [0.717, 1.165) is 10.6 Å². The van der Waals surface area contributed by atoms with Crippen molar-refractivity contribution in [1.29, 1.82) is 0 Å². The zero-order chi connectivity index (χ0) is 11.5. The van der Waals surface area contributed by atoms with Gasteiger partial charge < -0.3 is 10.0 Å². The molecule has 16 heavy (non-hydrogen) atoms. The standard InChI is InChI=1S/C12H15NO2S/c1-16-11-5-3-2-4-10(11)13-7-9(8-14)6-12(13)15/h2-5,9,14H,6-8H2,1H3. The second-order valence-electron chi connectivity index (χ2n) is 3.93. The fourth-order valence-electron chi connectivity index (χ4n) is 1.99. The molecule has 86 valence electrons. The molecule has 0 aromatic heterocycles. The second kappa shape index (κ2) is 4.89. The highest BCUT2D eigenvalue weighted by molar-refractivity contribution is 7.98. The van der Waals surface area contributed by atoms with E-state index in [-0.39, 0.29) is 18.4 Å². The average molecular weight is 237 g/mol.